The highest BCUT2D eigenvalue weighted by Crippen LogP contribution is 2.24. The van der Waals surface area contributed by atoms with Crippen LogP contribution >= 0.6 is 0 Å². The second-order valence-corrected chi connectivity index (χ2v) is 5.11. The molecule has 0 radical (unpaired) electrons. The first-order valence-electron chi connectivity index (χ1n) is 6.51. The summed E-state index contributed by atoms with van der Waals surface area (Å²) in [4.78, 5) is 2.34. The molecule has 96 valence electrons. The maximum Gasteiger partial charge on any atom is 0.0174 e. The van der Waals surface area contributed by atoms with Crippen LogP contribution in [0.15, 0.2) is 35.6 Å². The highest BCUT2D eigenvalue weighted by molar-refractivity contribution is 5.30. The zero-order valence-corrected chi connectivity index (χ0v) is 11.5. The molecule has 0 aromatic heterocycles. The van der Waals surface area contributed by atoms with Crippen LogP contribution in [0.2, 0.25) is 0 Å². The zero-order chi connectivity index (χ0) is 12.8. The number of hydrogen-bond donors (Lipinski definition) is 1. The summed E-state index contributed by atoms with van der Waals surface area (Å²) in [6, 6.07) is 0.225. The van der Waals surface area contributed by atoms with Gasteiger partial charge in [0.25, 0.3) is 0 Å². The normalized spacial score (nSPS) is 19.5. The third-order valence-corrected chi connectivity index (χ3v) is 3.35. The van der Waals surface area contributed by atoms with Crippen molar-refractivity contribution in [2.75, 3.05) is 13.6 Å². The molecule has 2 heteroatoms. The topological polar surface area (TPSA) is 29.3 Å². The Morgan fingerprint density at radius 3 is 2.88 bits per heavy atom. The van der Waals surface area contributed by atoms with E-state index in [-0.39, 0.29) is 6.04 Å². The minimum atomic E-state index is 0.225. The van der Waals surface area contributed by atoms with E-state index in [1.807, 2.05) is 6.08 Å². The molecule has 0 aliphatic carbocycles. The van der Waals surface area contributed by atoms with Gasteiger partial charge in [-0.25, -0.2) is 0 Å². The van der Waals surface area contributed by atoms with Crippen LogP contribution in [-0.2, 0) is 0 Å². The van der Waals surface area contributed by atoms with Crippen molar-refractivity contribution in [3.8, 4) is 0 Å². The van der Waals surface area contributed by atoms with Gasteiger partial charge in [-0.2, -0.15) is 0 Å². The maximum atomic E-state index is 5.89. The average molecular weight is 234 g/mol. The maximum absolute atomic E-state index is 5.89. The molecule has 0 bridgehead atoms. The van der Waals surface area contributed by atoms with Crippen LogP contribution in [0, 0.1) is 0 Å². The van der Waals surface area contributed by atoms with Gasteiger partial charge >= 0.3 is 0 Å². The van der Waals surface area contributed by atoms with Crippen LogP contribution < -0.4 is 5.73 Å². The van der Waals surface area contributed by atoms with Gasteiger partial charge in [0.05, 0.1) is 0 Å². The van der Waals surface area contributed by atoms with Crippen molar-refractivity contribution in [1.82, 2.24) is 4.90 Å². The van der Waals surface area contributed by atoms with Gasteiger partial charge in [0.2, 0.25) is 0 Å². The molecule has 2 nitrogen and oxygen atoms in total. The van der Waals surface area contributed by atoms with E-state index in [0.717, 1.165) is 12.8 Å². The summed E-state index contributed by atoms with van der Waals surface area (Å²) in [7, 11) is 2.17. The van der Waals surface area contributed by atoms with Gasteiger partial charge in [0, 0.05) is 25.3 Å². The molecule has 0 fully saturated rings. The van der Waals surface area contributed by atoms with Gasteiger partial charge in [-0.15, -0.1) is 6.58 Å². The molecular formula is C15H26N2. The molecule has 0 saturated heterocycles. The van der Waals surface area contributed by atoms with E-state index in [1.165, 1.54) is 36.2 Å². The molecule has 1 rings (SSSR count). The number of allylic oxidation sites excluding steroid dienone is 4. The highest BCUT2D eigenvalue weighted by atomic mass is 15.1. The lowest BCUT2D eigenvalue weighted by Gasteiger charge is -2.28. The summed E-state index contributed by atoms with van der Waals surface area (Å²) in [5, 5.41) is 0. The fourth-order valence-electron chi connectivity index (χ4n) is 2.32. The Morgan fingerprint density at radius 1 is 1.59 bits per heavy atom. The van der Waals surface area contributed by atoms with Crippen molar-refractivity contribution in [3.05, 3.63) is 35.6 Å². The molecule has 1 aliphatic rings. The molecule has 0 amide bonds. The van der Waals surface area contributed by atoms with Crippen molar-refractivity contribution in [1.29, 1.82) is 0 Å². The van der Waals surface area contributed by atoms with Crippen molar-refractivity contribution in [2.45, 2.75) is 45.6 Å². The Kier molecular flexibility index (Phi) is 5.49. The van der Waals surface area contributed by atoms with E-state index in [1.54, 1.807) is 0 Å². The lowest BCUT2D eigenvalue weighted by Crippen LogP contribution is -2.23. The Bertz CT molecular complexity index is 324. The molecular weight excluding hydrogens is 208 g/mol. The fourth-order valence-corrected chi connectivity index (χ4v) is 2.32. The number of nitrogens with two attached hydrogens (primary N) is 1. The molecule has 0 aromatic rings. The molecule has 1 heterocycles. The van der Waals surface area contributed by atoms with Crippen LogP contribution in [0.25, 0.3) is 0 Å². The second kappa shape index (κ2) is 6.65. The third kappa shape index (κ3) is 4.39. The molecule has 0 saturated carbocycles. The van der Waals surface area contributed by atoms with E-state index in [4.69, 9.17) is 5.73 Å². The smallest absolute Gasteiger partial charge is 0.0174 e. The van der Waals surface area contributed by atoms with E-state index >= 15 is 0 Å². The number of nitrogens with zero attached hydrogens (tertiary/aromatic N) is 1. The Labute approximate surface area is 106 Å². The van der Waals surface area contributed by atoms with Gasteiger partial charge in [-0.3, -0.25) is 0 Å². The molecule has 1 aliphatic heterocycles. The summed E-state index contributed by atoms with van der Waals surface area (Å²) in [5.41, 5.74) is 10.2. The Balaban J connectivity index is 2.87. The van der Waals surface area contributed by atoms with Gasteiger partial charge in [0.15, 0.2) is 0 Å². The molecule has 1 atom stereocenters. The monoisotopic (exact) mass is 234 g/mol. The highest BCUT2D eigenvalue weighted by Gasteiger charge is 2.12. The van der Waals surface area contributed by atoms with Crippen molar-refractivity contribution >= 4 is 0 Å². The molecule has 1 unspecified atom stereocenters. The molecule has 17 heavy (non-hydrogen) atoms. The zero-order valence-electron chi connectivity index (χ0n) is 11.5. The second-order valence-electron chi connectivity index (χ2n) is 5.11. The summed E-state index contributed by atoms with van der Waals surface area (Å²) in [6.45, 7) is 9.27. The first kappa shape index (κ1) is 14.0. The van der Waals surface area contributed by atoms with Crippen LogP contribution in [-0.4, -0.2) is 24.5 Å². The lowest BCUT2D eigenvalue weighted by atomic mass is 9.96. The van der Waals surface area contributed by atoms with Crippen molar-refractivity contribution in [2.24, 2.45) is 5.73 Å². The third-order valence-electron chi connectivity index (χ3n) is 3.35. The quantitative estimate of drug-likeness (QED) is 0.740. The summed E-state index contributed by atoms with van der Waals surface area (Å²) < 4.78 is 0. The molecule has 0 aromatic carbocycles. The predicted molar refractivity (Wildman–Crippen MR) is 75.7 cm³/mol. The van der Waals surface area contributed by atoms with Crippen LogP contribution in [0.4, 0.5) is 0 Å². The Hall–Kier alpha value is -1.02. The van der Waals surface area contributed by atoms with Gasteiger partial charge in [-0.05, 0) is 45.1 Å². The van der Waals surface area contributed by atoms with Crippen LogP contribution in [0.1, 0.15) is 39.5 Å². The van der Waals surface area contributed by atoms with E-state index < -0.39 is 0 Å². The van der Waals surface area contributed by atoms with Crippen molar-refractivity contribution in [3.63, 3.8) is 0 Å². The first-order valence-corrected chi connectivity index (χ1v) is 6.51. The predicted octanol–water partition coefficient (Wildman–Crippen LogP) is 3.23. The largest absolute Gasteiger partial charge is 0.378 e. The summed E-state index contributed by atoms with van der Waals surface area (Å²) in [6.07, 6.45) is 8.66. The molecule has 0 spiro atoms. The SMILES string of the molecule is C=CCC(=CC1=C(C)N(C)CCC1)CC(C)N. The standard InChI is InChI=1S/C15H26N2/c1-5-7-14(10-12(2)16)11-15-8-6-9-17(4)13(15)3/h5,11-12H,1,6-10,16H2,2-4H3. The Morgan fingerprint density at radius 2 is 2.29 bits per heavy atom. The van der Waals surface area contributed by atoms with E-state index in [9.17, 15) is 0 Å². The first-order chi connectivity index (χ1) is 8.04. The minimum absolute atomic E-state index is 0.225. The number of hydrogen-bond acceptors (Lipinski definition) is 2. The number of rotatable bonds is 5. The van der Waals surface area contributed by atoms with Crippen LogP contribution in [0.3, 0.4) is 0 Å². The molecule has 2 N–H and O–H groups in total. The van der Waals surface area contributed by atoms with Crippen LogP contribution in [0.5, 0.6) is 0 Å². The average Bonchev–Trinajstić information content (AvgIpc) is 2.24. The lowest BCUT2D eigenvalue weighted by molar-refractivity contribution is 0.382. The van der Waals surface area contributed by atoms with Crippen molar-refractivity contribution < 1.29 is 0 Å². The minimum Gasteiger partial charge on any atom is -0.378 e. The van der Waals surface area contributed by atoms with Gasteiger partial charge < -0.3 is 10.6 Å². The van der Waals surface area contributed by atoms with E-state index in [0.29, 0.717) is 0 Å². The summed E-state index contributed by atoms with van der Waals surface area (Å²) in [5.74, 6) is 0. The van der Waals surface area contributed by atoms with Gasteiger partial charge in [0.1, 0.15) is 0 Å². The summed E-state index contributed by atoms with van der Waals surface area (Å²) >= 11 is 0. The van der Waals surface area contributed by atoms with Gasteiger partial charge in [-0.1, -0.05) is 17.7 Å². The van der Waals surface area contributed by atoms with E-state index in [2.05, 4.69) is 38.5 Å². The fraction of sp³-hybridized carbons (Fsp3) is 0.600.